The second-order valence-corrected chi connectivity index (χ2v) is 6.17. The predicted octanol–water partition coefficient (Wildman–Crippen LogP) is 2.20. The van der Waals surface area contributed by atoms with E-state index in [1.54, 1.807) is 12.1 Å². The van der Waals surface area contributed by atoms with Gasteiger partial charge in [0, 0.05) is 12.0 Å². The number of nitrogens with one attached hydrogen (secondary N) is 1. The van der Waals surface area contributed by atoms with E-state index in [9.17, 15) is 24.5 Å². The van der Waals surface area contributed by atoms with E-state index in [0.29, 0.717) is 12.0 Å². The quantitative estimate of drug-likeness (QED) is 0.478. The summed E-state index contributed by atoms with van der Waals surface area (Å²) < 4.78 is 0. The molecule has 0 bridgehead atoms. The van der Waals surface area contributed by atoms with Gasteiger partial charge >= 0.3 is 11.0 Å². The summed E-state index contributed by atoms with van der Waals surface area (Å²) in [4.78, 5) is 46.3. The fourth-order valence-corrected chi connectivity index (χ4v) is 2.50. The van der Waals surface area contributed by atoms with Crippen LogP contribution < -0.4 is 11.1 Å². The summed E-state index contributed by atoms with van der Waals surface area (Å²) in [5, 5.41) is 21.7. The molecular formula is C16H18N4O6S. The lowest BCUT2D eigenvalue weighted by Gasteiger charge is -2.06. The van der Waals surface area contributed by atoms with Gasteiger partial charge in [0.15, 0.2) is 5.13 Å². The van der Waals surface area contributed by atoms with Crippen LogP contribution in [0.2, 0.25) is 0 Å². The van der Waals surface area contributed by atoms with Crippen LogP contribution in [0.3, 0.4) is 0 Å². The molecule has 4 N–H and O–H groups in total. The van der Waals surface area contributed by atoms with E-state index in [-0.39, 0.29) is 28.0 Å². The number of carbonyl (C=O) groups is 3. The second kappa shape index (κ2) is 10.6. The average molecular weight is 394 g/mol. The lowest BCUT2D eigenvalue weighted by molar-refractivity contribution is -0.380. The van der Waals surface area contributed by atoms with E-state index in [4.69, 9.17) is 10.8 Å². The normalized spacial score (nSPS) is 9.67. The number of hydrogen-bond acceptors (Lipinski definition) is 7. The van der Waals surface area contributed by atoms with Crippen molar-refractivity contribution < 1.29 is 24.4 Å². The van der Waals surface area contributed by atoms with Crippen molar-refractivity contribution in [2.24, 2.45) is 5.73 Å². The van der Waals surface area contributed by atoms with Crippen molar-refractivity contribution in [1.29, 1.82) is 0 Å². The first-order valence-corrected chi connectivity index (χ1v) is 8.55. The van der Waals surface area contributed by atoms with Crippen molar-refractivity contribution in [2.75, 3.05) is 5.32 Å². The van der Waals surface area contributed by atoms with Crippen molar-refractivity contribution in [2.45, 2.75) is 26.2 Å². The number of aliphatic carboxylic acids is 1. The van der Waals surface area contributed by atoms with Crippen LogP contribution in [-0.4, -0.2) is 32.8 Å². The number of anilines is 1. The number of thiazole rings is 1. The molecule has 0 aliphatic carbocycles. The molecule has 0 atom stereocenters. The third kappa shape index (κ3) is 7.61. The number of nitrogens with zero attached hydrogens (tertiary/aromatic N) is 2. The van der Waals surface area contributed by atoms with E-state index in [0.717, 1.165) is 24.0 Å². The first kappa shape index (κ1) is 21.7. The minimum absolute atomic E-state index is 0.0804. The van der Waals surface area contributed by atoms with Gasteiger partial charge < -0.3 is 10.8 Å². The summed E-state index contributed by atoms with van der Waals surface area (Å²) in [7, 11) is 0. The molecule has 0 aliphatic rings. The van der Waals surface area contributed by atoms with Crippen LogP contribution in [0.15, 0.2) is 30.5 Å². The molecule has 0 saturated heterocycles. The van der Waals surface area contributed by atoms with Gasteiger partial charge in [0.2, 0.25) is 5.91 Å². The zero-order valence-corrected chi connectivity index (χ0v) is 15.2. The summed E-state index contributed by atoms with van der Waals surface area (Å²) in [6.07, 6.45) is 2.13. The fourth-order valence-electron chi connectivity index (χ4n) is 1.88. The molecule has 2 rings (SSSR count). The summed E-state index contributed by atoms with van der Waals surface area (Å²) in [6.45, 7) is 1.92. The molecule has 0 unspecified atom stereocenters. The van der Waals surface area contributed by atoms with Crippen molar-refractivity contribution >= 4 is 39.3 Å². The molecule has 0 fully saturated rings. The number of carboxylic acids is 1. The molecule has 1 aromatic heterocycles. The minimum Gasteiger partial charge on any atom is -0.481 e. The highest BCUT2D eigenvalue weighted by molar-refractivity contribution is 7.18. The molecule has 10 nitrogen and oxygen atoms in total. The lowest BCUT2D eigenvalue weighted by atomic mass is 10.0. The molecule has 0 saturated carbocycles. The number of rotatable bonds is 7. The topological polar surface area (TPSA) is 166 Å². The molecule has 2 amide bonds. The maximum atomic E-state index is 12.1. The zero-order valence-electron chi connectivity index (χ0n) is 14.4. The van der Waals surface area contributed by atoms with E-state index < -0.39 is 16.8 Å². The molecule has 0 aliphatic heterocycles. The van der Waals surface area contributed by atoms with Gasteiger partial charge in [-0.25, -0.2) is 4.98 Å². The standard InChI is InChI=1S/C12H9N3O5S.C4H9NO/c16-10(17)5-7-3-1-2-4-8(7)11(18)14-12-13-6-9(21-12)15(19)20;1-2-3-4(5)6/h1-4,6H,5H2,(H,16,17)(H,13,14,18);2-3H2,1H3,(H2,5,6). The third-order valence-electron chi connectivity index (χ3n) is 2.99. The second-order valence-electron chi connectivity index (χ2n) is 5.16. The molecule has 1 heterocycles. The number of amides is 2. The summed E-state index contributed by atoms with van der Waals surface area (Å²) >= 11 is 0.725. The maximum Gasteiger partial charge on any atom is 0.345 e. The third-order valence-corrected chi connectivity index (χ3v) is 3.86. The molecule has 1 aromatic carbocycles. The van der Waals surface area contributed by atoms with Gasteiger partial charge in [0.1, 0.15) is 6.20 Å². The average Bonchev–Trinajstić information content (AvgIpc) is 3.04. The van der Waals surface area contributed by atoms with E-state index in [1.807, 2.05) is 6.92 Å². The predicted molar refractivity (Wildman–Crippen MR) is 98.6 cm³/mol. The summed E-state index contributed by atoms with van der Waals surface area (Å²) in [5.41, 5.74) is 5.31. The van der Waals surface area contributed by atoms with Gasteiger partial charge in [-0.2, -0.15) is 0 Å². The summed E-state index contributed by atoms with van der Waals surface area (Å²) in [6, 6.07) is 6.25. The molecule has 2 aromatic rings. The number of benzene rings is 1. The van der Waals surface area contributed by atoms with Crippen molar-refractivity contribution in [3.05, 3.63) is 51.7 Å². The van der Waals surface area contributed by atoms with Gasteiger partial charge in [0.05, 0.1) is 11.3 Å². The Morgan fingerprint density at radius 3 is 2.48 bits per heavy atom. The van der Waals surface area contributed by atoms with Crippen molar-refractivity contribution in [3.8, 4) is 0 Å². The molecule has 0 spiro atoms. The Morgan fingerprint density at radius 1 is 1.33 bits per heavy atom. The van der Waals surface area contributed by atoms with Gasteiger partial charge in [-0.05, 0) is 29.4 Å². The van der Waals surface area contributed by atoms with Crippen LogP contribution >= 0.6 is 11.3 Å². The van der Waals surface area contributed by atoms with Crippen molar-refractivity contribution in [1.82, 2.24) is 4.98 Å². The Morgan fingerprint density at radius 2 is 2.00 bits per heavy atom. The maximum absolute atomic E-state index is 12.1. The van der Waals surface area contributed by atoms with Crippen molar-refractivity contribution in [3.63, 3.8) is 0 Å². The van der Waals surface area contributed by atoms with Crippen LogP contribution in [0.4, 0.5) is 10.1 Å². The van der Waals surface area contributed by atoms with Crippen LogP contribution in [0.25, 0.3) is 0 Å². The number of aromatic nitrogens is 1. The van der Waals surface area contributed by atoms with E-state index in [1.165, 1.54) is 12.1 Å². The number of hydrogen-bond donors (Lipinski definition) is 3. The molecule has 144 valence electrons. The monoisotopic (exact) mass is 394 g/mol. The smallest absolute Gasteiger partial charge is 0.345 e. The van der Waals surface area contributed by atoms with E-state index >= 15 is 0 Å². The fraction of sp³-hybridized carbons (Fsp3) is 0.250. The zero-order chi connectivity index (χ0) is 20.4. The molecule has 27 heavy (non-hydrogen) atoms. The molecule has 0 radical (unpaired) electrons. The van der Waals surface area contributed by atoms with Gasteiger partial charge in [0.25, 0.3) is 5.91 Å². The molecule has 11 heteroatoms. The van der Waals surface area contributed by atoms with Gasteiger partial charge in [-0.1, -0.05) is 25.1 Å². The number of carbonyl (C=O) groups excluding carboxylic acids is 2. The van der Waals surface area contributed by atoms with Gasteiger partial charge in [-0.15, -0.1) is 0 Å². The molecular weight excluding hydrogens is 376 g/mol. The minimum atomic E-state index is -1.06. The Bertz CT molecular complexity index is 836. The SMILES string of the molecule is CCCC(N)=O.O=C(O)Cc1ccccc1C(=O)Nc1ncc([N+](=O)[O-])s1. The highest BCUT2D eigenvalue weighted by atomic mass is 32.1. The highest BCUT2D eigenvalue weighted by Gasteiger charge is 2.17. The van der Waals surface area contributed by atoms with Crippen LogP contribution in [0.5, 0.6) is 0 Å². The largest absolute Gasteiger partial charge is 0.481 e. The number of primary amides is 1. The first-order chi connectivity index (χ1) is 12.7. The summed E-state index contributed by atoms with van der Waals surface area (Å²) in [5.74, 6) is -1.83. The van der Waals surface area contributed by atoms with Crippen LogP contribution in [0, 0.1) is 10.1 Å². The number of nitro groups is 1. The van der Waals surface area contributed by atoms with E-state index in [2.05, 4.69) is 10.3 Å². The highest BCUT2D eigenvalue weighted by Crippen LogP contribution is 2.25. The van der Waals surface area contributed by atoms with Crippen LogP contribution in [-0.2, 0) is 16.0 Å². The van der Waals surface area contributed by atoms with Crippen LogP contribution in [0.1, 0.15) is 35.7 Å². The Balaban J connectivity index is 0.000000527. The number of nitrogens with two attached hydrogens (primary N) is 1. The number of carboxylic acid groups (broad SMARTS) is 1. The first-order valence-electron chi connectivity index (χ1n) is 7.74. The van der Waals surface area contributed by atoms with Gasteiger partial charge in [-0.3, -0.25) is 29.8 Å². The lowest BCUT2D eigenvalue weighted by Crippen LogP contribution is -2.15. The Labute approximate surface area is 158 Å². The Kier molecular flexibility index (Phi) is 8.53. The Hall–Kier alpha value is -3.34.